The van der Waals surface area contributed by atoms with Crippen molar-refractivity contribution in [1.29, 1.82) is 0 Å². The van der Waals surface area contributed by atoms with Gasteiger partial charge in [0.05, 0.1) is 11.4 Å². The largest absolute Gasteiger partial charge is 0.480 e. The van der Waals surface area contributed by atoms with Crippen LogP contribution in [0.2, 0.25) is 5.02 Å². The second-order valence-corrected chi connectivity index (χ2v) is 14.0. The molecule has 8 heteroatoms. The number of carbonyl (C=O) groups excluding carboxylic acids is 1. The summed E-state index contributed by atoms with van der Waals surface area (Å²) in [5.41, 5.74) is 3.85. The second-order valence-electron chi connectivity index (χ2n) is 13.6. The lowest BCUT2D eigenvalue weighted by molar-refractivity contribution is -0.122. The van der Waals surface area contributed by atoms with Crippen molar-refractivity contribution in [2.24, 2.45) is 0 Å². The van der Waals surface area contributed by atoms with E-state index in [1.165, 1.54) is 10.2 Å². The normalized spacial score (nSPS) is 12.4. The number of carbonyl (C=O) groups is 1. The highest BCUT2D eigenvalue weighted by Gasteiger charge is 2.29. The van der Waals surface area contributed by atoms with Gasteiger partial charge in [0.15, 0.2) is 6.10 Å². The van der Waals surface area contributed by atoms with Crippen LogP contribution in [0.4, 0.5) is 5.69 Å². The fourth-order valence-corrected chi connectivity index (χ4v) is 5.67. The monoisotopic (exact) mass is 679 g/mol. The molecule has 0 aliphatic heterocycles. The van der Waals surface area contributed by atoms with Crippen molar-refractivity contribution >= 4 is 23.2 Å². The number of halogens is 1. The molecule has 1 atom stereocenters. The molecule has 5 aromatic rings. The first-order chi connectivity index (χ1) is 23.4. The molecule has 0 bridgehead atoms. The van der Waals surface area contributed by atoms with Crippen molar-refractivity contribution in [2.45, 2.75) is 84.7 Å². The van der Waals surface area contributed by atoms with Gasteiger partial charge in [-0.05, 0) is 78.1 Å². The van der Waals surface area contributed by atoms with Gasteiger partial charge in [-0.15, -0.1) is 0 Å². The fraction of sp³-hybridized carbons (Fsp3) is 0.317. The lowest BCUT2D eigenvalue weighted by Gasteiger charge is -2.31. The highest BCUT2D eigenvalue weighted by atomic mass is 35.5. The summed E-state index contributed by atoms with van der Waals surface area (Å²) in [6, 6.07) is 29.8. The predicted molar refractivity (Wildman–Crippen MR) is 200 cm³/mol. The number of anilines is 1. The van der Waals surface area contributed by atoms with Crippen LogP contribution in [0.25, 0.3) is 16.9 Å². The van der Waals surface area contributed by atoms with Gasteiger partial charge in [-0.25, -0.2) is 4.68 Å². The van der Waals surface area contributed by atoms with Crippen LogP contribution in [-0.2, 0) is 15.6 Å². The zero-order valence-electron chi connectivity index (χ0n) is 29.4. The van der Waals surface area contributed by atoms with Crippen molar-refractivity contribution < 1.29 is 14.3 Å². The van der Waals surface area contributed by atoms with E-state index in [1.54, 1.807) is 36.4 Å². The standard InChI is InChI=1S/C41H46ClN3O4/c1-8-34(49-35-25-22-28(40(4,5)9-2)26-31(35)41(6,7)10-3)38(46)43-32-18-14-15-19-33(32)45-39(47)37(48-30-16-12-11-13-17-30)36(44-45)27-20-23-29(42)24-21-27/h11-26,34,44H,8-10H2,1-7H3,(H,43,46). The van der Waals surface area contributed by atoms with Crippen LogP contribution in [0.5, 0.6) is 17.2 Å². The molecular weight excluding hydrogens is 634 g/mol. The summed E-state index contributed by atoms with van der Waals surface area (Å²) >= 11 is 6.17. The topological polar surface area (TPSA) is 85.3 Å². The molecule has 1 unspecified atom stereocenters. The summed E-state index contributed by atoms with van der Waals surface area (Å²) in [6.45, 7) is 15.2. The molecule has 7 nitrogen and oxygen atoms in total. The maximum atomic E-state index is 14.0. The van der Waals surface area contributed by atoms with Crippen LogP contribution in [0.15, 0.2) is 102 Å². The van der Waals surface area contributed by atoms with Crippen LogP contribution in [0, 0.1) is 0 Å². The third-order valence-corrected chi connectivity index (χ3v) is 9.79. The van der Waals surface area contributed by atoms with E-state index >= 15 is 0 Å². The number of ether oxygens (including phenoxy) is 2. The molecule has 0 saturated carbocycles. The Balaban J connectivity index is 1.49. The molecule has 1 heterocycles. The summed E-state index contributed by atoms with van der Waals surface area (Å²) in [5, 5.41) is 6.85. The van der Waals surface area contributed by atoms with Crippen LogP contribution in [0.3, 0.4) is 0 Å². The lowest BCUT2D eigenvalue weighted by atomic mass is 9.76. The number of aromatic nitrogens is 2. The number of hydrogen-bond donors (Lipinski definition) is 2. The van der Waals surface area contributed by atoms with Gasteiger partial charge >= 0.3 is 5.56 Å². The predicted octanol–water partition coefficient (Wildman–Crippen LogP) is 10.4. The van der Waals surface area contributed by atoms with Gasteiger partial charge < -0.3 is 14.8 Å². The third kappa shape index (κ3) is 7.78. The van der Waals surface area contributed by atoms with Gasteiger partial charge in [0.2, 0.25) is 5.75 Å². The summed E-state index contributed by atoms with van der Waals surface area (Å²) < 4.78 is 14.1. The second kappa shape index (κ2) is 14.8. The van der Waals surface area contributed by atoms with E-state index in [9.17, 15) is 9.59 Å². The summed E-state index contributed by atoms with van der Waals surface area (Å²) in [4.78, 5) is 27.9. The van der Waals surface area contributed by atoms with Crippen molar-refractivity contribution in [1.82, 2.24) is 9.78 Å². The smallest absolute Gasteiger partial charge is 0.314 e. The van der Waals surface area contributed by atoms with Gasteiger partial charge in [-0.3, -0.25) is 14.7 Å². The van der Waals surface area contributed by atoms with E-state index in [1.807, 2.05) is 55.5 Å². The van der Waals surface area contributed by atoms with Crippen LogP contribution < -0.4 is 20.3 Å². The number of para-hydroxylation sites is 3. The van der Waals surface area contributed by atoms with E-state index in [-0.39, 0.29) is 22.5 Å². The average Bonchev–Trinajstić information content (AvgIpc) is 3.42. The Bertz CT molecular complexity index is 1960. The molecule has 0 saturated heterocycles. The summed E-state index contributed by atoms with van der Waals surface area (Å²) in [5.74, 6) is 1.02. The minimum Gasteiger partial charge on any atom is -0.480 e. The molecule has 1 amide bonds. The van der Waals surface area contributed by atoms with Crippen LogP contribution in [-0.4, -0.2) is 21.8 Å². The molecular formula is C41H46ClN3O4. The van der Waals surface area contributed by atoms with E-state index in [2.05, 4.69) is 64.1 Å². The van der Waals surface area contributed by atoms with Gasteiger partial charge in [-0.2, -0.15) is 0 Å². The zero-order valence-corrected chi connectivity index (χ0v) is 30.2. The maximum absolute atomic E-state index is 14.0. The van der Waals surface area contributed by atoms with Crippen LogP contribution >= 0.6 is 11.6 Å². The minimum atomic E-state index is -0.772. The number of nitrogens with one attached hydrogen (secondary N) is 2. The Kier molecular flexibility index (Phi) is 10.7. The highest BCUT2D eigenvalue weighted by molar-refractivity contribution is 6.30. The number of hydrogen-bond acceptors (Lipinski definition) is 4. The van der Waals surface area contributed by atoms with Crippen molar-refractivity contribution in [2.75, 3.05) is 5.32 Å². The van der Waals surface area contributed by atoms with Crippen molar-refractivity contribution in [3.8, 4) is 34.2 Å². The summed E-state index contributed by atoms with van der Waals surface area (Å²) in [7, 11) is 0. The molecule has 0 radical (unpaired) electrons. The SMILES string of the molecule is CCC(Oc1ccc(C(C)(C)CC)cc1C(C)(C)CC)C(=O)Nc1ccccc1-n1[nH]c(-c2ccc(Cl)cc2)c(Oc2ccccc2)c1=O. The molecule has 1 aromatic heterocycles. The Morgan fingerprint density at radius 3 is 2.16 bits per heavy atom. The summed E-state index contributed by atoms with van der Waals surface area (Å²) in [6.07, 6.45) is 1.59. The molecule has 2 N–H and O–H groups in total. The number of nitrogens with zero attached hydrogens (tertiary/aromatic N) is 1. The Labute approximate surface area is 294 Å². The molecule has 49 heavy (non-hydrogen) atoms. The molecule has 0 aliphatic rings. The minimum absolute atomic E-state index is 0.0116. The molecule has 0 spiro atoms. The fourth-order valence-electron chi connectivity index (χ4n) is 5.54. The molecule has 5 rings (SSSR count). The van der Waals surface area contributed by atoms with E-state index in [0.29, 0.717) is 45.6 Å². The van der Waals surface area contributed by atoms with E-state index < -0.39 is 11.7 Å². The molecule has 256 valence electrons. The molecule has 4 aromatic carbocycles. The molecule has 0 fully saturated rings. The zero-order chi connectivity index (χ0) is 35.3. The van der Waals surface area contributed by atoms with E-state index in [0.717, 1.165) is 18.4 Å². The van der Waals surface area contributed by atoms with Gasteiger partial charge in [0, 0.05) is 16.1 Å². The Hall–Kier alpha value is -4.75. The van der Waals surface area contributed by atoms with Crippen LogP contribution in [0.1, 0.15) is 78.9 Å². The Morgan fingerprint density at radius 2 is 1.51 bits per heavy atom. The van der Waals surface area contributed by atoms with Crippen molar-refractivity contribution in [3.05, 3.63) is 124 Å². The first-order valence-corrected chi connectivity index (χ1v) is 17.3. The average molecular weight is 680 g/mol. The van der Waals surface area contributed by atoms with Gasteiger partial charge in [-0.1, -0.05) is 115 Å². The van der Waals surface area contributed by atoms with Crippen molar-refractivity contribution in [3.63, 3.8) is 0 Å². The lowest BCUT2D eigenvalue weighted by Crippen LogP contribution is -2.34. The highest BCUT2D eigenvalue weighted by Crippen LogP contribution is 2.39. The Morgan fingerprint density at radius 1 is 0.857 bits per heavy atom. The van der Waals surface area contributed by atoms with Gasteiger partial charge in [0.1, 0.15) is 17.2 Å². The third-order valence-electron chi connectivity index (χ3n) is 9.54. The first-order valence-electron chi connectivity index (χ1n) is 16.9. The molecule has 0 aliphatic carbocycles. The van der Waals surface area contributed by atoms with Gasteiger partial charge in [0.25, 0.3) is 5.91 Å². The number of rotatable bonds is 13. The quantitative estimate of drug-likeness (QED) is 0.130. The van der Waals surface area contributed by atoms with E-state index in [4.69, 9.17) is 21.1 Å². The first kappa shape index (κ1) is 35.6. The maximum Gasteiger partial charge on any atom is 0.314 e. The number of H-pyrrole nitrogens is 1. The number of aromatic amines is 1. The number of amides is 1. The number of benzene rings is 4.